The highest BCUT2D eigenvalue weighted by molar-refractivity contribution is 14.1. The molecule has 2 saturated carbocycles. The Bertz CT molecular complexity index is 3230. The van der Waals surface area contributed by atoms with Crippen molar-refractivity contribution in [2.45, 2.75) is 116 Å². The predicted molar refractivity (Wildman–Crippen MR) is 285 cm³/mol. The number of hydrogen-bond acceptors (Lipinski definition) is 16. The van der Waals surface area contributed by atoms with Crippen LogP contribution in [0.25, 0.3) is 55.1 Å². The fourth-order valence-corrected chi connectivity index (χ4v) is 9.95. The zero-order valence-electron chi connectivity index (χ0n) is 41.2. The summed E-state index contributed by atoms with van der Waals surface area (Å²) < 4.78 is 39.5. The summed E-state index contributed by atoms with van der Waals surface area (Å²) in [6.45, 7) is 13.2. The number of hydrogen-bond donors (Lipinski definition) is 2. The molecule has 0 spiro atoms. The Labute approximate surface area is 431 Å². The van der Waals surface area contributed by atoms with Crippen LogP contribution in [0.5, 0.6) is 11.8 Å². The molecule has 20 heteroatoms. The molecule has 3 saturated heterocycles. The van der Waals surface area contributed by atoms with E-state index in [2.05, 4.69) is 103 Å². The smallest absolute Gasteiger partial charge is 0.474 e. The molecule has 13 rings (SSSR count). The number of ether oxygens (including phenoxy) is 4. The third kappa shape index (κ3) is 10.6. The van der Waals surface area contributed by atoms with Gasteiger partial charge in [-0.1, -0.05) is 18.2 Å². The average molecular weight is 1090 g/mol. The fraction of sp³-hybridized carbons (Fsp3) is 0.462. The van der Waals surface area contributed by atoms with Gasteiger partial charge in [0.25, 0.3) is 0 Å². The number of benzene rings is 2. The third-order valence-electron chi connectivity index (χ3n) is 14.4. The lowest BCUT2D eigenvalue weighted by atomic mass is 9.78. The van der Waals surface area contributed by atoms with Gasteiger partial charge in [0.15, 0.2) is 11.3 Å². The van der Waals surface area contributed by atoms with Crippen LogP contribution in [0.3, 0.4) is 0 Å². The van der Waals surface area contributed by atoms with Crippen LogP contribution in [-0.4, -0.2) is 106 Å². The van der Waals surface area contributed by atoms with Crippen molar-refractivity contribution in [1.82, 2.24) is 49.5 Å². The van der Waals surface area contributed by atoms with E-state index >= 15 is 0 Å². The molecular formula is C52H60BIN12O6. The van der Waals surface area contributed by atoms with Crippen LogP contribution in [-0.2, 0) is 31.9 Å². The minimum absolute atomic E-state index is 0.327. The molecule has 72 heavy (non-hydrogen) atoms. The molecule has 0 bridgehead atoms. The summed E-state index contributed by atoms with van der Waals surface area (Å²) in [6.07, 6.45) is 12.4. The quantitative estimate of drug-likeness (QED) is 0.0976. The molecule has 4 N–H and O–H groups in total. The number of nitrogens with zero attached hydrogens (tertiary/aromatic N) is 10. The lowest BCUT2D eigenvalue weighted by Crippen LogP contribution is -2.41. The maximum atomic E-state index is 6.27. The van der Waals surface area contributed by atoms with Crippen molar-refractivity contribution in [1.29, 1.82) is 0 Å². The van der Waals surface area contributed by atoms with Crippen molar-refractivity contribution in [2.24, 2.45) is 11.8 Å². The minimum atomic E-state index is -0.341. The largest absolute Gasteiger partial charge is 0.494 e. The van der Waals surface area contributed by atoms with Crippen molar-refractivity contribution in [3.63, 3.8) is 0 Å². The average Bonchev–Trinajstić information content (AvgIpc) is 4.30. The molecule has 374 valence electrons. The fourth-order valence-electron chi connectivity index (χ4n) is 9.17. The van der Waals surface area contributed by atoms with Crippen molar-refractivity contribution >= 4 is 90.7 Å². The summed E-state index contributed by atoms with van der Waals surface area (Å²) in [4.78, 5) is 26.3. The van der Waals surface area contributed by atoms with Crippen molar-refractivity contribution < 1.29 is 28.3 Å². The molecule has 2 aliphatic carbocycles. The Morgan fingerprint density at radius 3 is 1.67 bits per heavy atom. The third-order valence-corrected chi connectivity index (χ3v) is 15.1. The van der Waals surface area contributed by atoms with Gasteiger partial charge in [0.2, 0.25) is 11.8 Å². The topological polar surface area (TPSA) is 220 Å². The van der Waals surface area contributed by atoms with Crippen LogP contribution in [0, 0.1) is 15.5 Å². The molecule has 3 aliphatic heterocycles. The van der Waals surface area contributed by atoms with Gasteiger partial charge in [0.1, 0.15) is 45.9 Å². The molecule has 9 heterocycles. The number of rotatable bonds is 10. The molecule has 0 radical (unpaired) electrons. The first-order valence-electron chi connectivity index (χ1n) is 25.1. The second-order valence-electron chi connectivity index (χ2n) is 20.4. The van der Waals surface area contributed by atoms with Gasteiger partial charge in [0, 0.05) is 68.0 Å². The Morgan fingerprint density at radius 2 is 1.11 bits per heavy atom. The number of anilines is 2. The molecule has 2 aromatic carbocycles. The number of nitrogen functional groups attached to an aromatic ring is 2. The highest BCUT2D eigenvalue weighted by atomic mass is 127. The molecule has 0 atom stereocenters. The van der Waals surface area contributed by atoms with Crippen LogP contribution in [0.15, 0.2) is 73.3 Å². The summed E-state index contributed by atoms with van der Waals surface area (Å²) >= 11 is 2.18. The second-order valence-corrected chi connectivity index (χ2v) is 21.4. The van der Waals surface area contributed by atoms with E-state index in [0.717, 1.165) is 155 Å². The lowest BCUT2D eigenvalue weighted by molar-refractivity contribution is 0.00578. The SMILES string of the molecule is CC1(C)OB(c2ccc3nc(OC4CC4)ccc3c2)OC1(C)C.Nc1ncnc2c1c(-c1ccc3nc(OC4CC4)ccc3c1)nn2CC1CCOCC1.Nc1ncnc2c1c(I)nn2CC1CCOCC1. The van der Waals surface area contributed by atoms with E-state index in [0.29, 0.717) is 47.4 Å². The van der Waals surface area contributed by atoms with Crippen molar-refractivity contribution in [3.05, 3.63) is 77.0 Å². The highest BCUT2D eigenvalue weighted by Gasteiger charge is 2.51. The Balaban J connectivity index is 0.000000122. The monoisotopic (exact) mass is 1090 g/mol. The number of pyridine rings is 2. The first-order chi connectivity index (χ1) is 34.8. The van der Waals surface area contributed by atoms with E-state index in [9.17, 15) is 0 Å². The van der Waals surface area contributed by atoms with E-state index in [1.807, 2.05) is 51.8 Å². The van der Waals surface area contributed by atoms with Gasteiger partial charge in [-0.05, 0) is 149 Å². The summed E-state index contributed by atoms with van der Waals surface area (Å²) in [5.74, 6) is 3.47. The number of fused-ring (bicyclic) bond motifs is 4. The maximum Gasteiger partial charge on any atom is 0.494 e. The van der Waals surface area contributed by atoms with Crippen LogP contribution < -0.4 is 26.4 Å². The van der Waals surface area contributed by atoms with E-state index in [1.54, 1.807) is 0 Å². The molecule has 5 fully saturated rings. The van der Waals surface area contributed by atoms with Gasteiger partial charge in [-0.15, -0.1) is 0 Å². The Hall–Kier alpha value is -5.81. The summed E-state index contributed by atoms with van der Waals surface area (Å²) in [5, 5.41) is 13.2. The molecule has 18 nitrogen and oxygen atoms in total. The first kappa shape index (κ1) is 48.5. The zero-order valence-corrected chi connectivity index (χ0v) is 43.3. The van der Waals surface area contributed by atoms with Gasteiger partial charge in [-0.3, -0.25) is 0 Å². The van der Waals surface area contributed by atoms with E-state index < -0.39 is 0 Å². The van der Waals surface area contributed by atoms with Gasteiger partial charge in [-0.2, -0.15) is 10.2 Å². The van der Waals surface area contributed by atoms with Crippen LogP contribution >= 0.6 is 22.6 Å². The molecule has 0 unspecified atom stereocenters. The number of aromatic nitrogens is 10. The van der Waals surface area contributed by atoms with Crippen molar-refractivity contribution in [2.75, 3.05) is 37.9 Å². The van der Waals surface area contributed by atoms with Crippen LogP contribution in [0.2, 0.25) is 0 Å². The highest BCUT2D eigenvalue weighted by Crippen LogP contribution is 2.38. The van der Waals surface area contributed by atoms with Crippen LogP contribution in [0.1, 0.15) is 79.1 Å². The molecule has 8 aromatic rings. The van der Waals surface area contributed by atoms with E-state index in [1.165, 1.54) is 12.7 Å². The summed E-state index contributed by atoms with van der Waals surface area (Å²) in [6, 6.07) is 20.2. The second kappa shape index (κ2) is 20.2. The summed E-state index contributed by atoms with van der Waals surface area (Å²) in [7, 11) is -0.341. The van der Waals surface area contributed by atoms with Crippen molar-refractivity contribution in [3.8, 4) is 23.0 Å². The molecular weight excluding hydrogens is 1030 g/mol. The molecule has 6 aromatic heterocycles. The van der Waals surface area contributed by atoms with Gasteiger partial charge < -0.3 is 39.7 Å². The Kier molecular flexibility index (Phi) is 13.6. The normalized spacial score (nSPS) is 19.0. The predicted octanol–water partition coefficient (Wildman–Crippen LogP) is 8.11. The van der Waals surface area contributed by atoms with Gasteiger partial charge in [-0.25, -0.2) is 39.3 Å². The van der Waals surface area contributed by atoms with Gasteiger partial charge >= 0.3 is 7.12 Å². The van der Waals surface area contributed by atoms with E-state index in [-0.39, 0.29) is 18.3 Å². The first-order valence-corrected chi connectivity index (χ1v) is 26.2. The Morgan fingerprint density at radius 1 is 0.611 bits per heavy atom. The summed E-state index contributed by atoms with van der Waals surface area (Å²) in [5.41, 5.74) is 17.7. The van der Waals surface area contributed by atoms with E-state index in [4.69, 9.17) is 44.8 Å². The molecule has 5 aliphatic rings. The number of halogens is 1. The standard InChI is InChI=1S/C23H24N6O2.C18H22BNO3.C11H14IN5O/c24-22-20-21(28-29(23(20)26-13-25-22)12-14-7-9-30-10-8-14)16-1-5-18-15(11-16)2-6-19(27-18)31-17-3-4-17;1-17(2)18(3,4)23-19(22-17)13-6-9-15-12(11-13)5-10-16(20-15)21-14-7-8-14;12-9-8-10(13)14-6-15-11(8)17(16-9)5-7-1-3-18-4-2-7/h1-2,5-6,11,13-14,17H,3-4,7-10,12H2,(H2,24,25,26);5-6,9-11,14H,7-8H2,1-4H3;6-7H,1-5H2,(H2,13,14,15). The molecule has 0 amide bonds. The number of nitrogens with two attached hydrogens (primary N) is 2. The maximum absolute atomic E-state index is 6.27. The lowest BCUT2D eigenvalue weighted by Gasteiger charge is -2.32. The minimum Gasteiger partial charge on any atom is -0.474 e. The van der Waals surface area contributed by atoms with Gasteiger partial charge in [0.05, 0.1) is 33.0 Å². The zero-order chi connectivity index (χ0) is 49.6. The van der Waals surface area contributed by atoms with Crippen LogP contribution in [0.4, 0.5) is 11.6 Å².